The zero-order valence-corrected chi connectivity index (χ0v) is 16.9. The molecule has 1 saturated heterocycles. The normalized spacial score (nSPS) is 16.1. The lowest BCUT2D eigenvalue weighted by atomic mass is 9.98. The van der Waals surface area contributed by atoms with Crippen molar-refractivity contribution in [1.29, 1.82) is 0 Å². The molecular formula is C16H27BrCl2N2O2. The molecule has 1 aliphatic rings. The lowest BCUT2D eigenvalue weighted by Gasteiger charge is -2.35. The zero-order chi connectivity index (χ0) is 15.2. The van der Waals surface area contributed by atoms with Crippen molar-refractivity contribution < 1.29 is 9.84 Å². The summed E-state index contributed by atoms with van der Waals surface area (Å²) in [5, 5.41) is 13.4. The molecule has 1 aliphatic heterocycles. The van der Waals surface area contributed by atoms with Crippen molar-refractivity contribution in [1.82, 2.24) is 10.2 Å². The number of phenolic OH excluding ortho intramolecular Hbond substituents is 1. The van der Waals surface area contributed by atoms with Gasteiger partial charge in [-0.05, 0) is 40.0 Å². The molecule has 1 aromatic carbocycles. The second kappa shape index (κ2) is 11.4. The molecule has 2 N–H and O–H groups in total. The van der Waals surface area contributed by atoms with Gasteiger partial charge in [-0.3, -0.25) is 4.90 Å². The summed E-state index contributed by atoms with van der Waals surface area (Å²) in [6, 6.07) is 4.39. The number of halogens is 3. The zero-order valence-electron chi connectivity index (χ0n) is 13.7. The van der Waals surface area contributed by atoms with Crippen molar-refractivity contribution in [3.63, 3.8) is 0 Å². The maximum absolute atomic E-state index is 9.99. The van der Waals surface area contributed by atoms with Crippen molar-refractivity contribution >= 4 is 40.7 Å². The summed E-state index contributed by atoms with van der Waals surface area (Å²) in [5.74, 6) is 0.715. The molecule has 0 unspecified atom stereocenters. The van der Waals surface area contributed by atoms with Crippen LogP contribution in [0.25, 0.3) is 0 Å². The average Bonchev–Trinajstić information content (AvgIpc) is 2.52. The summed E-state index contributed by atoms with van der Waals surface area (Å²) in [6.07, 6.45) is 3.53. The average molecular weight is 430 g/mol. The van der Waals surface area contributed by atoms with E-state index in [1.54, 1.807) is 7.11 Å². The van der Waals surface area contributed by atoms with Crippen LogP contribution in [0.3, 0.4) is 0 Å². The standard InChI is InChI=1S/C16H25BrN2O2.2ClH/c1-3-4-5-14(19-8-6-18-7-9-19)12-10-13(17)16(20)15(11-12)21-2;;/h10-11,14,18,20H,3-9H2,1-2H3;2*1H/t14-;;/m1../s1. The second-order valence-electron chi connectivity index (χ2n) is 5.50. The highest BCUT2D eigenvalue weighted by atomic mass is 79.9. The summed E-state index contributed by atoms with van der Waals surface area (Å²) in [5.41, 5.74) is 1.21. The van der Waals surface area contributed by atoms with Gasteiger partial charge in [0.25, 0.3) is 0 Å². The largest absolute Gasteiger partial charge is 0.503 e. The SMILES string of the molecule is CCCC[C@H](c1cc(Br)c(O)c(OC)c1)N1CCNCC1.Cl.Cl. The van der Waals surface area contributed by atoms with Gasteiger partial charge in [-0.25, -0.2) is 0 Å². The van der Waals surface area contributed by atoms with E-state index < -0.39 is 0 Å². The third kappa shape index (κ3) is 5.98. The Morgan fingerprint density at radius 1 is 1.30 bits per heavy atom. The Labute approximate surface area is 159 Å². The molecule has 4 nitrogen and oxygen atoms in total. The fourth-order valence-corrected chi connectivity index (χ4v) is 3.35. The molecule has 1 fully saturated rings. The number of phenols is 1. The van der Waals surface area contributed by atoms with Gasteiger partial charge in [-0.2, -0.15) is 0 Å². The van der Waals surface area contributed by atoms with E-state index in [1.807, 2.05) is 12.1 Å². The van der Waals surface area contributed by atoms with E-state index in [-0.39, 0.29) is 30.6 Å². The Morgan fingerprint density at radius 2 is 1.96 bits per heavy atom. The van der Waals surface area contributed by atoms with Crippen molar-refractivity contribution in [2.45, 2.75) is 32.2 Å². The number of benzene rings is 1. The van der Waals surface area contributed by atoms with Crippen LogP contribution in [-0.2, 0) is 0 Å². The Morgan fingerprint density at radius 3 is 2.52 bits per heavy atom. The van der Waals surface area contributed by atoms with Crippen LogP contribution in [0.15, 0.2) is 16.6 Å². The number of hydrogen-bond donors (Lipinski definition) is 2. The fourth-order valence-electron chi connectivity index (χ4n) is 2.89. The van der Waals surface area contributed by atoms with E-state index in [0.29, 0.717) is 16.3 Å². The molecule has 1 heterocycles. The molecule has 0 bridgehead atoms. The molecule has 134 valence electrons. The summed E-state index contributed by atoms with van der Waals surface area (Å²) < 4.78 is 6.00. The van der Waals surface area contributed by atoms with Gasteiger partial charge in [0.05, 0.1) is 11.6 Å². The lowest BCUT2D eigenvalue weighted by molar-refractivity contribution is 0.163. The molecule has 2 rings (SSSR count). The van der Waals surface area contributed by atoms with Crippen LogP contribution < -0.4 is 10.1 Å². The summed E-state index contributed by atoms with van der Waals surface area (Å²) >= 11 is 3.44. The summed E-state index contributed by atoms with van der Waals surface area (Å²) in [6.45, 7) is 6.44. The predicted molar refractivity (Wildman–Crippen MR) is 104 cm³/mol. The lowest BCUT2D eigenvalue weighted by Crippen LogP contribution is -2.45. The fraction of sp³-hybridized carbons (Fsp3) is 0.625. The number of nitrogens with zero attached hydrogens (tertiary/aromatic N) is 1. The summed E-state index contributed by atoms with van der Waals surface area (Å²) in [7, 11) is 1.59. The van der Waals surface area contributed by atoms with Crippen molar-refractivity contribution in [2.24, 2.45) is 0 Å². The molecule has 1 atom stereocenters. The number of methoxy groups -OCH3 is 1. The number of rotatable bonds is 6. The van der Waals surface area contributed by atoms with Gasteiger partial charge in [-0.15, -0.1) is 24.8 Å². The van der Waals surface area contributed by atoms with Gasteiger partial charge in [0.15, 0.2) is 11.5 Å². The molecule has 23 heavy (non-hydrogen) atoms. The highest BCUT2D eigenvalue weighted by Crippen LogP contribution is 2.39. The smallest absolute Gasteiger partial charge is 0.172 e. The Hall–Kier alpha value is -0.200. The van der Waals surface area contributed by atoms with Gasteiger partial charge in [0, 0.05) is 32.2 Å². The molecule has 0 aliphatic carbocycles. The molecular weight excluding hydrogens is 403 g/mol. The Kier molecular flexibility index (Phi) is 11.3. The van der Waals surface area contributed by atoms with E-state index in [4.69, 9.17) is 4.74 Å². The van der Waals surface area contributed by atoms with E-state index in [2.05, 4.69) is 33.1 Å². The Balaban J connectivity index is 0.00000242. The first-order chi connectivity index (χ1) is 10.2. The highest BCUT2D eigenvalue weighted by Gasteiger charge is 2.23. The van der Waals surface area contributed by atoms with Gasteiger partial charge >= 0.3 is 0 Å². The van der Waals surface area contributed by atoms with Crippen LogP contribution in [0.1, 0.15) is 37.8 Å². The predicted octanol–water partition coefficient (Wildman–Crippen LogP) is 4.14. The monoisotopic (exact) mass is 428 g/mol. The molecule has 1 aromatic rings. The van der Waals surface area contributed by atoms with Gasteiger partial charge in [0.2, 0.25) is 0 Å². The second-order valence-corrected chi connectivity index (χ2v) is 6.35. The molecule has 0 spiro atoms. The minimum Gasteiger partial charge on any atom is -0.503 e. The minimum atomic E-state index is 0. The molecule has 7 heteroatoms. The topological polar surface area (TPSA) is 44.7 Å². The number of ether oxygens (including phenoxy) is 1. The van der Waals surface area contributed by atoms with E-state index >= 15 is 0 Å². The van der Waals surface area contributed by atoms with E-state index in [0.717, 1.165) is 32.6 Å². The number of hydrogen-bond acceptors (Lipinski definition) is 4. The van der Waals surface area contributed by atoms with Gasteiger partial charge in [-0.1, -0.05) is 19.8 Å². The number of unbranched alkanes of at least 4 members (excludes halogenated alkanes) is 1. The van der Waals surface area contributed by atoms with Crippen LogP contribution >= 0.6 is 40.7 Å². The quantitative estimate of drug-likeness (QED) is 0.712. The Bertz CT molecular complexity index is 472. The molecule has 0 radical (unpaired) electrons. The van der Waals surface area contributed by atoms with Crippen molar-refractivity contribution in [3.05, 3.63) is 22.2 Å². The van der Waals surface area contributed by atoms with E-state index in [9.17, 15) is 5.11 Å². The third-order valence-electron chi connectivity index (χ3n) is 4.08. The number of piperazine rings is 1. The van der Waals surface area contributed by atoms with Crippen LogP contribution in [0.5, 0.6) is 11.5 Å². The molecule has 0 amide bonds. The van der Waals surface area contributed by atoms with Gasteiger partial charge in [0.1, 0.15) is 0 Å². The van der Waals surface area contributed by atoms with E-state index in [1.165, 1.54) is 18.4 Å². The van der Waals surface area contributed by atoms with Crippen LogP contribution in [0.4, 0.5) is 0 Å². The summed E-state index contributed by atoms with van der Waals surface area (Å²) in [4.78, 5) is 2.53. The molecule has 0 aromatic heterocycles. The third-order valence-corrected chi connectivity index (χ3v) is 4.68. The van der Waals surface area contributed by atoms with Gasteiger partial charge < -0.3 is 15.2 Å². The van der Waals surface area contributed by atoms with Crippen molar-refractivity contribution in [2.75, 3.05) is 33.3 Å². The van der Waals surface area contributed by atoms with Crippen LogP contribution in [0, 0.1) is 0 Å². The highest BCUT2D eigenvalue weighted by molar-refractivity contribution is 9.10. The molecule has 0 saturated carbocycles. The maximum Gasteiger partial charge on any atom is 0.172 e. The number of nitrogens with one attached hydrogen (secondary N) is 1. The first-order valence-corrected chi connectivity index (χ1v) is 8.47. The first-order valence-electron chi connectivity index (χ1n) is 7.68. The van der Waals surface area contributed by atoms with Crippen LogP contribution in [-0.4, -0.2) is 43.3 Å². The van der Waals surface area contributed by atoms with Crippen molar-refractivity contribution in [3.8, 4) is 11.5 Å². The van der Waals surface area contributed by atoms with Crippen LogP contribution in [0.2, 0.25) is 0 Å². The minimum absolute atomic E-state index is 0. The maximum atomic E-state index is 9.99. The first kappa shape index (κ1) is 22.8. The number of aromatic hydroxyl groups is 1.